The highest BCUT2D eigenvalue weighted by Crippen LogP contribution is 2.24. The Hall–Kier alpha value is -3.72. The highest BCUT2D eigenvalue weighted by atomic mass is 19.1. The van der Waals surface area contributed by atoms with Gasteiger partial charge in [0, 0.05) is 18.8 Å². The number of halogens is 1. The average Bonchev–Trinajstić information content (AvgIpc) is 3.19. The summed E-state index contributed by atoms with van der Waals surface area (Å²) < 4.78 is 21.4. The van der Waals surface area contributed by atoms with Gasteiger partial charge in [-0.2, -0.15) is 5.10 Å². The summed E-state index contributed by atoms with van der Waals surface area (Å²) in [5, 5.41) is 7.39. The van der Waals surface area contributed by atoms with E-state index >= 15 is 0 Å². The number of para-hydroxylation sites is 1. The van der Waals surface area contributed by atoms with Gasteiger partial charge in [-0.25, -0.2) is 8.91 Å². The number of amides is 1. The minimum atomic E-state index is -0.491. The maximum absolute atomic E-state index is 14.6. The number of fused-ring (bicyclic) bond motifs is 3. The molecule has 0 aliphatic carbocycles. The fourth-order valence-electron chi connectivity index (χ4n) is 3.69. The number of hydrogen-bond acceptors (Lipinski definition) is 5. The molecule has 2 aromatic heterocycles. The van der Waals surface area contributed by atoms with E-state index < -0.39 is 11.7 Å². The molecule has 0 atom stereocenters. The predicted molar refractivity (Wildman–Crippen MR) is 111 cm³/mol. The minimum absolute atomic E-state index is 0.190. The van der Waals surface area contributed by atoms with Gasteiger partial charge >= 0.3 is 0 Å². The summed E-state index contributed by atoms with van der Waals surface area (Å²) in [7, 11) is 0. The van der Waals surface area contributed by atoms with Crippen molar-refractivity contribution in [2.24, 2.45) is 0 Å². The van der Waals surface area contributed by atoms with Crippen molar-refractivity contribution in [1.82, 2.24) is 14.6 Å². The zero-order chi connectivity index (χ0) is 20.7. The van der Waals surface area contributed by atoms with E-state index in [0.29, 0.717) is 48.6 Å². The number of carbonyl (C=O) groups is 1. The van der Waals surface area contributed by atoms with Crippen molar-refractivity contribution >= 4 is 33.8 Å². The van der Waals surface area contributed by atoms with Crippen LogP contribution in [0.4, 0.5) is 15.8 Å². The fourth-order valence-corrected chi connectivity index (χ4v) is 3.69. The third kappa shape index (κ3) is 3.09. The Morgan fingerprint density at radius 3 is 2.77 bits per heavy atom. The molecule has 1 fully saturated rings. The SMILES string of the molecule is O=C(Nc1ccc(N2CCOCC2)c(F)c1)c1cnn2c1[nH]c(=O)c1ccccc12. The summed E-state index contributed by atoms with van der Waals surface area (Å²) in [5.41, 5.74) is 1.54. The summed E-state index contributed by atoms with van der Waals surface area (Å²) in [5.74, 6) is -0.914. The van der Waals surface area contributed by atoms with Gasteiger partial charge in [-0.3, -0.25) is 9.59 Å². The Morgan fingerprint density at radius 1 is 1.17 bits per heavy atom. The maximum atomic E-state index is 14.6. The zero-order valence-corrected chi connectivity index (χ0v) is 15.9. The first kappa shape index (κ1) is 18.3. The minimum Gasteiger partial charge on any atom is -0.378 e. The van der Waals surface area contributed by atoms with Crippen LogP contribution in [0.5, 0.6) is 0 Å². The third-order valence-electron chi connectivity index (χ3n) is 5.18. The van der Waals surface area contributed by atoms with Crippen LogP contribution in [0.2, 0.25) is 0 Å². The molecule has 4 aromatic rings. The number of aromatic nitrogens is 3. The van der Waals surface area contributed by atoms with Gasteiger partial charge in [-0.1, -0.05) is 12.1 Å². The lowest BCUT2D eigenvalue weighted by molar-refractivity contribution is 0.102. The van der Waals surface area contributed by atoms with Gasteiger partial charge in [0.15, 0.2) is 0 Å². The molecule has 0 saturated carbocycles. The Bertz CT molecular complexity index is 1320. The number of hydrogen-bond donors (Lipinski definition) is 2. The van der Waals surface area contributed by atoms with E-state index in [-0.39, 0.29) is 16.8 Å². The quantitative estimate of drug-likeness (QED) is 0.544. The molecule has 2 N–H and O–H groups in total. The number of rotatable bonds is 3. The van der Waals surface area contributed by atoms with Crippen molar-refractivity contribution in [1.29, 1.82) is 0 Å². The zero-order valence-electron chi connectivity index (χ0n) is 15.9. The highest BCUT2D eigenvalue weighted by Gasteiger charge is 2.18. The van der Waals surface area contributed by atoms with Crippen LogP contribution in [0.1, 0.15) is 10.4 Å². The molecule has 1 amide bonds. The topological polar surface area (TPSA) is 91.7 Å². The van der Waals surface area contributed by atoms with Crippen LogP contribution in [0.15, 0.2) is 53.5 Å². The van der Waals surface area contributed by atoms with Crippen LogP contribution in [-0.2, 0) is 4.74 Å². The first-order valence-electron chi connectivity index (χ1n) is 9.54. The lowest BCUT2D eigenvalue weighted by Crippen LogP contribution is -2.36. The van der Waals surface area contributed by atoms with Crippen molar-refractivity contribution in [2.75, 3.05) is 36.5 Å². The number of H-pyrrole nitrogens is 1. The fraction of sp³-hybridized carbons (Fsp3) is 0.190. The second-order valence-electron chi connectivity index (χ2n) is 7.01. The number of nitrogens with one attached hydrogen (secondary N) is 2. The van der Waals surface area contributed by atoms with E-state index in [9.17, 15) is 14.0 Å². The molecule has 30 heavy (non-hydrogen) atoms. The van der Waals surface area contributed by atoms with Crippen molar-refractivity contribution in [2.45, 2.75) is 0 Å². The normalized spacial score (nSPS) is 14.4. The van der Waals surface area contributed by atoms with Crippen molar-refractivity contribution < 1.29 is 13.9 Å². The lowest BCUT2D eigenvalue weighted by atomic mass is 10.2. The number of anilines is 2. The molecule has 1 saturated heterocycles. The molecule has 9 heteroatoms. The van der Waals surface area contributed by atoms with Gasteiger partial charge in [-0.05, 0) is 30.3 Å². The van der Waals surface area contributed by atoms with Gasteiger partial charge in [0.2, 0.25) is 0 Å². The van der Waals surface area contributed by atoms with Gasteiger partial charge in [0.1, 0.15) is 17.0 Å². The van der Waals surface area contributed by atoms with E-state index in [1.165, 1.54) is 16.8 Å². The van der Waals surface area contributed by atoms with Gasteiger partial charge in [0.25, 0.3) is 11.5 Å². The summed E-state index contributed by atoms with van der Waals surface area (Å²) in [4.78, 5) is 29.8. The molecular formula is C21H18FN5O3. The molecule has 0 bridgehead atoms. The van der Waals surface area contributed by atoms with Crippen LogP contribution >= 0.6 is 0 Å². The van der Waals surface area contributed by atoms with E-state index in [2.05, 4.69) is 15.4 Å². The van der Waals surface area contributed by atoms with Crippen LogP contribution in [0.25, 0.3) is 16.6 Å². The van der Waals surface area contributed by atoms with Crippen molar-refractivity contribution in [3.63, 3.8) is 0 Å². The first-order chi connectivity index (χ1) is 14.6. The van der Waals surface area contributed by atoms with Crippen LogP contribution in [0, 0.1) is 5.82 Å². The van der Waals surface area contributed by atoms with Gasteiger partial charge in [-0.15, -0.1) is 0 Å². The molecule has 1 aliphatic heterocycles. The van der Waals surface area contributed by atoms with E-state index in [1.807, 2.05) is 4.90 Å². The number of aromatic amines is 1. The Labute approximate surface area is 169 Å². The highest BCUT2D eigenvalue weighted by molar-refractivity contribution is 6.08. The molecule has 8 nitrogen and oxygen atoms in total. The average molecular weight is 407 g/mol. The van der Waals surface area contributed by atoms with Crippen LogP contribution < -0.4 is 15.8 Å². The molecule has 152 valence electrons. The van der Waals surface area contributed by atoms with E-state index in [1.54, 1.807) is 36.4 Å². The molecular weight excluding hydrogens is 389 g/mol. The number of benzene rings is 2. The molecule has 0 unspecified atom stereocenters. The number of carbonyl (C=O) groups excluding carboxylic acids is 1. The molecule has 0 radical (unpaired) electrons. The number of ether oxygens (including phenoxy) is 1. The number of nitrogens with zero attached hydrogens (tertiary/aromatic N) is 3. The summed E-state index contributed by atoms with van der Waals surface area (Å²) in [6, 6.07) is 11.6. The standard InChI is InChI=1S/C21H18FN5O3/c22-16-11-13(5-6-18(16)26-7-9-30-10-8-26)24-21(29)15-12-23-27-17-4-2-1-3-14(17)20(28)25-19(15)27/h1-6,11-12H,7-10H2,(H,24,29)(H,25,28). The van der Waals surface area contributed by atoms with Gasteiger partial charge in [0.05, 0.1) is 36.0 Å². The van der Waals surface area contributed by atoms with E-state index in [0.717, 1.165) is 0 Å². The van der Waals surface area contributed by atoms with Gasteiger partial charge < -0.3 is 19.9 Å². The first-order valence-corrected chi connectivity index (χ1v) is 9.54. The summed E-state index contributed by atoms with van der Waals surface area (Å²) in [6.45, 7) is 2.35. The van der Waals surface area contributed by atoms with Crippen molar-refractivity contribution in [3.8, 4) is 0 Å². The lowest BCUT2D eigenvalue weighted by Gasteiger charge is -2.29. The molecule has 0 spiro atoms. The monoisotopic (exact) mass is 407 g/mol. The molecule has 5 rings (SSSR count). The van der Waals surface area contributed by atoms with E-state index in [4.69, 9.17) is 4.74 Å². The summed E-state index contributed by atoms with van der Waals surface area (Å²) in [6.07, 6.45) is 1.38. The Balaban J connectivity index is 1.45. The maximum Gasteiger partial charge on any atom is 0.261 e. The van der Waals surface area contributed by atoms with Crippen LogP contribution in [-0.4, -0.2) is 46.8 Å². The number of morpholine rings is 1. The molecule has 3 heterocycles. The van der Waals surface area contributed by atoms with Crippen molar-refractivity contribution in [3.05, 3.63) is 70.4 Å². The third-order valence-corrected chi connectivity index (χ3v) is 5.18. The second-order valence-corrected chi connectivity index (χ2v) is 7.01. The molecule has 2 aromatic carbocycles. The second kappa shape index (κ2) is 7.27. The smallest absolute Gasteiger partial charge is 0.261 e. The summed E-state index contributed by atoms with van der Waals surface area (Å²) >= 11 is 0. The largest absolute Gasteiger partial charge is 0.378 e. The molecule has 1 aliphatic rings. The Morgan fingerprint density at radius 2 is 1.97 bits per heavy atom. The Kier molecular flexibility index (Phi) is 4.44. The predicted octanol–water partition coefficient (Wildman–Crippen LogP) is 2.40. The van der Waals surface area contributed by atoms with Crippen LogP contribution in [0.3, 0.4) is 0 Å².